The molecule has 0 aromatic heterocycles. The maximum absolute atomic E-state index is 12.5. The summed E-state index contributed by atoms with van der Waals surface area (Å²) in [5.41, 5.74) is 0.633. The fourth-order valence-corrected chi connectivity index (χ4v) is 3.67. The summed E-state index contributed by atoms with van der Waals surface area (Å²) < 4.78 is 36.3. The summed E-state index contributed by atoms with van der Waals surface area (Å²) in [6.45, 7) is 1.04. The van der Waals surface area contributed by atoms with Crippen LogP contribution in [0.5, 0.6) is 11.5 Å². The molecule has 0 radical (unpaired) electrons. The third kappa shape index (κ3) is 4.22. The van der Waals surface area contributed by atoms with E-state index in [2.05, 4.69) is 5.32 Å². The van der Waals surface area contributed by atoms with Crippen LogP contribution < -0.4 is 14.8 Å². The van der Waals surface area contributed by atoms with Gasteiger partial charge in [0.25, 0.3) is 15.9 Å². The van der Waals surface area contributed by atoms with Gasteiger partial charge in [-0.3, -0.25) is 9.63 Å². The number of fused-ring (bicyclic) bond motifs is 1. The highest BCUT2D eigenvalue weighted by Crippen LogP contribution is 2.37. The first-order valence-electron chi connectivity index (χ1n) is 8.36. The van der Waals surface area contributed by atoms with Crippen LogP contribution in [0.1, 0.15) is 16.8 Å². The number of nitrogens with zero attached hydrogens (tertiary/aromatic N) is 1. The zero-order chi connectivity index (χ0) is 20.3. The van der Waals surface area contributed by atoms with Crippen LogP contribution in [0, 0.1) is 0 Å². The van der Waals surface area contributed by atoms with Crippen LogP contribution in [0.4, 0.5) is 5.69 Å². The highest BCUT2D eigenvalue weighted by atomic mass is 35.5. The molecule has 0 saturated heterocycles. The summed E-state index contributed by atoms with van der Waals surface area (Å²) in [6, 6.07) is 8.66. The molecule has 0 spiro atoms. The van der Waals surface area contributed by atoms with E-state index in [-0.39, 0.29) is 10.5 Å². The van der Waals surface area contributed by atoms with Gasteiger partial charge in [0.1, 0.15) is 0 Å². The number of halogens is 1. The zero-order valence-electron chi connectivity index (χ0n) is 15.3. The molecule has 10 heteroatoms. The highest BCUT2D eigenvalue weighted by molar-refractivity contribution is 7.89. The minimum atomic E-state index is -3.78. The van der Waals surface area contributed by atoms with Gasteiger partial charge in [0.2, 0.25) is 0 Å². The van der Waals surface area contributed by atoms with Gasteiger partial charge in [-0.1, -0.05) is 16.1 Å². The Morgan fingerprint density at radius 2 is 1.75 bits per heavy atom. The Morgan fingerprint density at radius 3 is 2.36 bits per heavy atom. The van der Waals surface area contributed by atoms with Crippen molar-refractivity contribution in [1.82, 2.24) is 4.47 Å². The Kier molecular flexibility index (Phi) is 6.09. The quantitative estimate of drug-likeness (QED) is 0.739. The Bertz CT molecular complexity index is 978. The summed E-state index contributed by atoms with van der Waals surface area (Å²) in [6.07, 6.45) is 0.751. The van der Waals surface area contributed by atoms with E-state index >= 15 is 0 Å². The SMILES string of the molecule is CON(C)S(=O)(=O)c1ccc(C(=O)Nc2cc3c(cc2Cl)OCCCO3)cc1. The average molecular weight is 427 g/mol. The second-order valence-electron chi connectivity index (χ2n) is 5.91. The molecule has 0 saturated carbocycles. The Balaban J connectivity index is 1.79. The molecule has 1 heterocycles. The van der Waals surface area contributed by atoms with Gasteiger partial charge in [-0.15, -0.1) is 0 Å². The van der Waals surface area contributed by atoms with E-state index < -0.39 is 15.9 Å². The molecule has 0 unspecified atom stereocenters. The summed E-state index contributed by atoms with van der Waals surface area (Å²) in [5.74, 6) is 0.582. The molecule has 1 amide bonds. The normalized spacial score (nSPS) is 13.9. The van der Waals surface area contributed by atoms with E-state index in [0.29, 0.717) is 35.4 Å². The standard InChI is InChI=1S/C18H19ClN2O6S/c1-21(25-2)28(23,24)13-6-4-12(5-7-13)18(22)20-15-11-17-16(10-14(15)19)26-8-3-9-27-17/h4-7,10-11H,3,8-9H2,1-2H3,(H,20,22). The van der Waals surface area contributed by atoms with Gasteiger partial charge < -0.3 is 14.8 Å². The molecular formula is C18H19ClN2O6S. The number of hydrogen-bond donors (Lipinski definition) is 1. The number of hydroxylamine groups is 1. The predicted octanol–water partition coefficient (Wildman–Crippen LogP) is 2.94. The lowest BCUT2D eigenvalue weighted by atomic mass is 10.2. The molecule has 0 fully saturated rings. The lowest BCUT2D eigenvalue weighted by Crippen LogP contribution is -2.25. The lowest BCUT2D eigenvalue weighted by molar-refractivity contribution is -0.0258. The van der Waals surface area contributed by atoms with Crippen molar-refractivity contribution in [2.45, 2.75) is 11.3 Å². The van der Waals surface area contributed by atoms with E-state index in [1.54, 1.807) is 12.1 Å². The molecule has 0 bridgehead atoms. The van der Waals surface area contributed by atoms with Gasteiger partial charge in [-0.2, -0.15) is 0 Å². The Morgan fingerprint density at radius 1 is 1.14 bits per heavy atom. The fraction of sp³-hybridized carbons (Fsp3) is 0.278. The molecule has 0 aliphatic carbocycles. The van der Waals surface area contributed by atoms with Crippen molar-refractivity contribution < 1.29 is 27.5 Å². The topological polar surface area (TPSA) is 94.2 Å². The molecule has 1 N–H and O–H groups in total. The minimum absolute atomic E-state index is 0.00186. The lowest BCUT2D eigenvalue weighted by Gasteiger charge is -2.14. The summed E-state index contributed by atoms with van der Waals surface area (Å²) in [7, 11) is -1.25. The van der Waals surface area contributed by atoms with Crippen LogP contribution in [0.15, 0.2) is 41.3 Å². The van der Waals surface area contributed by atoms with E-state index in [1.165, 1.54) is 38.4 Å². The van der Waals surface area contributed by atoms with E-state index in [1.807, 2.05) is 0 Å². The van der Waals surface area contributed by atoms with Crippen molar-refractivity contribution in [3.8, 4) is 11.5 Å². The van der Waals surface area contributed by atoms with Crippen LogP contribution in [0.2, 0.25) is 5.02 Å². The van der Waals surface area contributed by atoms with Crippen LogP contribution in [-0.2, 0) is 14.9 Å². The smallest absolute Gasteiger partial charge is 0.264 e. The van der Waals surface area contributed by atoms with Crippen LogP contribution in [0.25, 0.3) is 0 Å². The number of ether oxygens (including phenoxy) is 2. The van der Waals surface area contributed by atoms with Crippen molar-refractivity contribution in [2.24, 2.45) is 0 Å². The number of hydrogen-bond acceptors (Lipinski definition) is 6. The Hall–Kier alpha value is -2.33. The molecule has 2 aromatic carbocycles. The van der Waals surface area contributed by atoms with Gasteiger partial charge >= 0.3 is 0 Å². The number of sulfonamides is 1. The third-order valence-electron chi connectivity index (χ3n) is 4.10. The molecule has 0 atom stereocenters. The van der Waals surface area contributed by atoms with Crippen molar-refractivity contribution in [3.05, 3.63) is 47.0 Å². The number of rotatable bonds is 5. The van der Waals surface area contributed by atoms with Crippen molar-refractivity contribution >= 4 is 33.2 Å². The number of anilines is 1. The second-order valence-corrected chi connectivity index (χ2v) is 8.25. The molecular weight excluding hydrogens is 408 g/mol. The third-order valence-corrected chi connectivity index (χ3v) is 6.10. The molecule has 8 nitrogen and oxygen atoms in total. The van der Waals surface area contributed by atoms with Gasteiger partial charge in [-0.05, 0) is 24.3 Å². The molecule has 28 heavy (non-hydrogen) atoms. The minimum Gasteiger partial charge on any atom is -0.490 e. The second kappa shape index (κ2) is 8.36. The predicted molar refractivity (Wildman–Crippen MR) is 103 cm³/mol. The van der Waals surface area contributed by atoms with Gasteiger partial charge in [0.15, 0.2) is 11.5 Å². The first kappa shape index (κ1) is 20.4. The first-order valence-corrected chi connectivity index (χ1v) is 10.2. The molecule has 3 rings (SSSR count). The molecule has 150 valence electrons. The molecule has 1 aliphatic rings. The van der Waals surface area contributed by atoms with E-state index in [4.69, 9.17) is 25.9 Å². The number of nitrogens with one attached hydrogen (secondary N) is 1. The van der Waals surface area contributed by atoms with Crippen LogP contribution in [-0.4, -0.2) is 46.2 Å². The summed E-state index contributed by atoms with van der Waals surface area (Å²) in [4.78, 5) is 17.3. The Labute approximate surface area is 168 Å². The average Bonchev–Trinajstić information content (AvgIpc) is 2.92. The monoisotopic (exact) mass is 426 g/mol. The summed E-state index contributed by atoms with van der Waals surface area (Å²) >= 11 is 6.23. The number of amides is 1. The van der Waals surface area contributed by atoms with Gasteiger partial charge in [0, 0.05) is 31.2 Å². The van der Waals surface area contributed by atoms with Gasteiger partial charge in [0.05, 0.1) is 35.9 Å². The van der Waals surface area contributed by atoms with E-state index in [9.17, 15) is 13.2 Å². The van der Waals surface area contributed by atoms with Crippen LogP contribution >= 0.6 is 11.6 Å². The van der Waals surface area contributed by atoms with Gasteiger partial charge in [-0.25, -0.2) is 8.42 Å². The number of carbonyl (C=O) groups excluding carboxylic acids is 1. The zero-order valence-corrected chi connectivity index (χ0v) is 16.8. The van der Waals surface area contributed by atoms with Crippen molar-refractivity contribution in [3.63, 3.8) is 0 Å². The molecule has 1 aliphatic heterocycles. The van der Waals surface area contributed by atoms with E-state index in [0.717, 1.165) is 10.9 Å². The van der Waals surface area contributed by atoms with Crippen molar-refractivity contribution in [1.29, 1.82) is 0 Å². The maximum Gasteiger partial charge on any atom is 0.264 e. The van der Waals surface area contributed by atoms with Crippen LogP contribution in [0.3, 0.4) is 0 Å². The first-order chi connectivity index (χ1) is 13.3. The maximum atomic E-state index is 12.5. The molecule has 2 aromatic rings. The largest absolute Gasteiger partial charge is 0.490 e. The summed E-state index contributed by atoms with van der Waals surface area (Å²) in [5, 5.41) is 3.00. The number of benzene rings is 2. The van der Waals surface area contributed by atoms with Crippen molar-refractivity contribution in [2.75, 3.05) is 32.7 Å². The number of carbonyl (C=O) groups is 1. The highest BCUT2D eigenvalue weighted by Gasteiger charge is 2.21. The fourth-order valence-electron chi connectivity index (χ4n) is 2.50.